The molecule has 0 spiro atoms. The van der Waals surface area contributed by atoms with Gasteiger partial charge in [-0.2, -0.15) is 5.10 Å². The smallest absolute Gasteiger partial charge is 0.340 e. The van der Waals surface area contributed by atoms with Crippen LogP contribution in [0, 0.1) is 0 Å². The highest BCUT2D eigenvalue weighted by molar-refractivity contribution is 6.04. The van der Waals surface area contributed by atoms with Crippen molar-refractivity contribution in [1.82, 2.24) is 10.2 Å². The minimum Gasteiger partial charge on any atom is -0.465 e. The van der Waals surface area contributed by atoms with Crippen LogP contribution in [0.3, 0.4) is 0 Å². The average Bonchev–Trinajstić information content (AvgIpc) is 3.13. The van der Waals surface area contributed by atoms with Gasteiger partial charge in [-0.1, -0.05) is 0 Å². The molecule has 0 atom stereocenters. The van der Waals surface area contributed by atoms with Crippen molar-refractivity contribution in [3.8, 4) is 11.3 Å². The van der Waals surface area contributed by atoms with Crippen LogP contribution in [0.1, 0.15) is 20.9 Å². The van der Waals surface area contributed by atoms with Gasteiger partial charge in [-0.25, -0.2) is 4.79 Å². The summed E-state index contributed by atoms with van der Waals surface area (Å²) in [6.45, 7) is 0. The van der Waals surface area contributed by atoms with Gasteiger partial charge in [0.15, 0.2) is 12.0 Å². The van der Waals surface area contributed by atoms with Crippen LogP contribution in [0.5, 0.6) is 0 Å². The first-order valence-electron chi connectivity index (χ1n) is 5.83. The summed E-state index contributed by atoms with van der Waals surface area (Å²) in [4.78, 5) is 22.5. The van der Waals surface area contributed by atoms with Gasteiger partial charge < -0.3 is 9.15 Å². The number of fused-ring (bicyclic) bond motifs is 1. The lowest BCUT2D eigenvalue weighted by molar-refractivity contribution is 0.0602. The summed E-state index contributed by atoms with van der Waals surface area (Å²) in [5, 5.41) is 7.43. The molecule has 100 valence electrons. The maximum atomic E-state index is 11.8. The topological polar surface area (TPSA) is 85.2 Å². The molecule has 0 amide bonds. The fraction of sp³-hybridized carbons (Fsp3) is 0.0714. The van der Waals surface area contributed by atoms with Crippen LogP contribution in [0.2, 0.25) is 0 Å². The van der Waals surface area contributed by atoms with Crippen molar-refractivity contribution in [3.05, 3.63) is 41.8 Å². The molecule has 0 radical (unpaired) electrons. The second-order valence-corrected chi connectivity index (χ2v) is 4.17. The molecule has 1 aromatic carbocycles. The zero-order valence-electron chi connectivity index (χ0n) is 10.5. The molecule has 0 unspecified atom stereocenters. The number of H-pyrrole nitrogens is 1. The van der Waals surface area contributed by atoms with Crippen molar-refractivity contribution in [2.24, 2.45) is 0 Å². The molecule has 6 heteroatoms. The van der Waals surface area contributed by atoms with E-state index in [9.17, 15) is 9.59 Å². The third-order valence-electron chi connectivity index (χ3n) is 2.98. The maximum absolute atomic E-state index is 11.8. The molecule has 0 bridgehead atoms. The second-order valence-electron chi connectivity index (χ2n) is 4.17. The monoisotopic (exact) mass is 270 g/mol. The van der Waals surface area contributed by atoms with Crippen molar-refractivity contribution in [2.45, 2.75) is 0 Å². The normalized spacial score (nSPS) is 10.7. The predicted octanol–water partition coefficient (Wildman–Crippen LogP) is 2.42. The number of furan rings is 1. The average molecular weight is 270 g/mol. The number of nitrogens with zero attached hydrogens (tertiary/aromatic N) is 1. The highest BCUT2D eigenvalue weighted by Crippen LogP contribution is 2.28. The quantitative estimate of drug-likeness (QED) is 0.583. The highest BCUT2D eigenvalue weighted by atomic mass is 16.5. The molecule has 1 N–H and O–H groups in total. The van der Waals surface area contributed by atoms with Crippen LogP contribution in [-0.2, 0) is 4.74 Å². The van der Waals surface area contributed by atoms with Crippen LogP contribution < -0.4 is 0 Å². The van der Waals surface area contributed by atoms with Gasteiger partial charge in [0, 0.05) is 10.9 Å². The number of aromatic nitrogens is 2. The van der Waals surface area contributed by atoms with E-state index in [1.165, 1.54) is 7.11 Å². The number of hydrogen-bond acceptors (Lipinski definition) is 5. The van der Waals surface area contributed by atoms with Crippen molar-refractivity contribution in [2.75, 3.05) is 7.11 Å². The minimum atomic E-state index is -0.469. The Balaban J connectivity index is 2.21. The first kappa shape index (κ1) is 12.2. The fourth-order valence-corrected chi connectivity index (χ4v) is 2.04. The lowest BCUT2D eigenvalue weighted by Crippen LogP contribution is -2.02. The number of aromatic amines is 1. The van der Waals surface area contributed by atoms with Gasteiger partial charge in [-0.05, 0) is 24.3 Å². The largest absolute Gasteiger partial charge is 0.465 e. The molecule has 0 saturated heterocycles. The SMILES string of the molecule is COC(=O)c1cc(-c2ccc(C=O)o2)cc2cn[nH]c12. The van der Waals surface area contributed by atoms with Crippen molar-refractivity contribution in [1.29, 1.82) is 0 Å². The Morgan fingerprint density at radius 1 is 1.40 bits per heavy atom. The molecule has 0 aliphatic rings. The Bertz CT molecular complexity index is 800. The molecule has 2 aromatic heterocycles. The van der Waals surface area contributed by atoms with E-state index >= 15 is 0 Å². The van der Waals surface area contributed by atoms with Gasteiger partial charge in [0.2, 0.25) is 0 Å². The van der Waals surface area contributed by atoms with E-state index in [2.05, 4.69) is 10.2 Å². The van der Waals surface area contributed by atoms with Crippen LogP contribution in [-0.4, -0.2) is 29.6 Å². The third-order valence-corrected chi connectivity index (χ3v) is 2.98. The predicted molar refractivity (Wildman–Crippen MR) is 70.5 cm³/mol. The third kappa shape index (κ3) is 1.87. The summed E-state index contributed by atoms with van der Waals surface area (Å²) in [5.74, 6) is 0.260. The zero-order chi connectivity index (χ0) is 14.1. The van der Waals surface area contributed by atoms with Gasteiger partial charge in [0.05, 0.1) is 24.4 Å². The molecule has 0 fully saturated rings. The number of esters is 1. The summed E-state index contributed by atoms with van der Waals surface area (Å²) in [5.41, 5.74) is 1.64. The maximum Gasteiger partial charge on any atom is 0.340 e. The van der Waals surface area contributed by atoms with Crippen molar-refractivity contribution in [3.63, 3.8) is 0 Å². The van der Waals surface area contributed by atoms with E-state index in [1.807, 2.05) is 6.07 Å². The van der Waals surface area contributed by atoms with Gasteiger partial charge in [-0.15, -0.1) is 0 Å². The molecular formula is C14H10N2O4. The van der Waals surface area contributed by atoms with Crippen LogP contribution in [0.25, 0.3) is 22.2 Å². The number of methoxy groups -OCH3 is 1. The van der Waals surface area contributed by atoms with E-state index in [-0.39, 0.29) is 5.76 Å². The van der Waals surface area contributed by atoms with E-state index in [4.69, 9.17) is 9.15 Å². The van der Waals surface area contributed by atoms with Crippen molar-refractivity contribution >= 4 is 23.2 Å². The molecule has 20 heavy (non-hydrogen) atoms. The number of carbonyl (C=O) groups excluding carboxylic acids is 2. The second kappa shape index (κ2) is 4.65. The Hall–Kier alpha value is -2.89. The van der Waals surface area contributed by atoms with Crippen LogP contribution >= 0.6 is 0 Å². The summed E-state index contributed by atoms with van der Waals surface area (Å²) in [6, 6.07) is 6.70. The molecule has 3 rings (SSSR count). The van der Waals surface area contributed by atoms with E-state index in [1.54, 1.807) is 24.4 Å². The minimum absolute atomic E-state index is 0.229. The molecule has 0 saturated carbocycles. The molecule has 0 aliphatic heterocycles. The van der Waals surface area contributed by atoms with Gasteiger partial charge >= 0.3 is 5.97 Å². The number of nitrogens with one attached hydrogen (secondary N) is 1. The summed E-state index contributed by atoms with van der Waals surface area (Å²) in [7, 11) is 1.31. The van der Waals surface area contributed by atoms with Crippen LogP contribution in [0.15, 0.2) is 34.9 Å². The number of rotatable bonds is 3. The number of carbonyl (C=O) groups is 2. The zero-order valence-corrected chi connectivity index (χ0v) is 10.5. The molecule has 2 heterocycles. The van der Waals surface area contributed by atoms with Gasteiger partial charge in [-0.3, -0.25) is 9.89 Å². The summed E-state index contributed by atoms with van der Waals surface area (Å²) in [6.07, 6.45) is 2.23. The molecule has 3 aromatic rings. The number of hydrogen-bond donors (Lipinski definition) is 1. The Morgan fingerprint density at radius 3 is 2.95 bits per heavy atom. The fourth-order valence-electron chi connectivity index (χ4n) is 2.04. The first-order chi connectivity index (χ1) is 9.72. The first-order valence-corrected chi connectivity index (χ1v) is 5.83. The molecular weight excluding hydrogens is 260 g/mol. The lowest BCUT2D eigenvalue weighted by Gasteiger charge is -2.04. The van der Waals surface area contributed by atoms with E-state index < -0.39 is 5.97 Å². The Labute approximate surface area is 113 Å². The highest BCUT2D eigenvalue weighted by Gasteiger charge is 2.16. The van der Waals surface area contributed by atoms with Gasteiger partial charge in [0.25, 0.3) is 0 Å². The van der Waals surface area contributed by atoms with Gasteiger partial charge in [0.1, 0.15) is 5.76 Å². The lowest BCUT2D eigenvalue weighted by atomic mass is 10.1. The van der Waals surface area contributed by atoms with Crippen LogP contribution in [0.4, 0.5) is 0 Å². The molecule has 0 aliphatic carbocycles. The standard InChI is InChI=1S/C14H10N2O4/c1-19-14(18)11-5-8(4-9-6-15-16-13(9)11)12-3-2-10(7-17)20-12/h2-7H,1H3,(H,15,16). The number of ether oxygens (including phenoxy) is 1. The Kier molecular flexibility index (Phi) is 2.83. The summed E-state index contributed by atoms with van der Waals surface area (Å²) >= 11 is 0. The Morgan fingerprint density at radius 2 is 2.25 bits per heavy atom. The summed E-state index contributed by atoms with van der Waals surface area (Å²) < 4.78 is 10.1. The van der Waals surface area contributed by atoms with Crippen molar-refractivity contribution < 1.29 is 18.7 Å². The van der Waals surface area contributed by atoms with E-state index in [0.29, 0.717) is 28.7 Å². The molecule has 6 nitrogen and oxygen atoms in total. The number of benzene rings is 1. The number of aldehydes is 1. The van der Waals surface area contributed by atoms with E-state index in [0.717, 1.165) is 5.39 Å².